The lowest BCUT2D eigenvalue weighted by Crippen LogP contribution is -2.01. The van der Waals surface area contributed by atoms with Crippen molar-refractivity contribution in [3.05, 3.63) is 298 Å². The molecular weight excluding hydrogens is 1990 g/mol. The Morgan fingerprint density at radius 1 is 0.245 bits per heavy atom. The molecule has 0 radical (unpaired) electrons. The second kappa shape index (κ2) is 46.9. The van der Waals surface area contributed by atoms with E-state index in [1.54, 1.807) is 68.0 Å². The largest absolute Gasteiger partial charge is 0.395 e. The zero-order valence-electron chi connectivity index (χ0n) is 79.0. The Morgan fingerprint density at radius 2 is 0.551 bits per heavy atom. The van der Waals surface area contributed by atoms with Gasteiger partial charge in [0, 0.05) is 151 Å². The Balaban J connectivity index is 0.000000104. The molecule has 0 bridgehead atoms. The predicted molar refractivity (Wildman–Crippen MR) is 566 cm³/mol. The van der Waals surface area contributed by atoms with Crippen LogP contribution in [0.15, 0.2) is 195 Å². The third kappa shape index (κ3) is 25.8. The van der Waals surface area contributed by atoms with Crippen molar-refractivity contribution in [2.75, 3.05) is 13.2 Å². The van der Waals surface area contributed by atoms with Crippen molar-refractivity contribution < 1.29 is 10.2 Å². The highest BCUT2D eigenvalue weighted by molar-refractivity contribution is 6.39. The van der Waals surface area contributed by atoms with E-state index in [-0.39, 0.29) is 13.2 Å². The summed E-state index contributed by atoms with van der Waals surface area (Å²) in [5.74, 6) is 46.9. The zero-order valence-corrected chi connectivity index (χ0v) is 84.3. The number of benzene rings is 7. The third-order valence-corrected chi connectivity index (χ3v) is 27.5. The molecule has 7 aliphatic carbocycles. The van der Waals surface area contributed by atoms with Gasteiger partial charge in [-0.25, -0.2) is 42.7 Å². The summed E-state index contributed by atoms with van der Waals surface area (Å²) in [7, 11) is 0. The average Bonchev–Trinajstić information content (AvgIpc) is 1.68. The predicted octanol–water partition coefficient (Wildman–Crippen LogP) is 19.3. The second-order valence-corrected chi connectivity index (χ2v) is 39.1. The van der Waals surface area contributed by atoms with Gasteiger partial charge in [-0.2, -0.15) is 10.2 Å². The molecule has 0 aliphatic heterocycles. The number of nitrogens with zero attached hydrogens (tertiary/aromatic N) is 28. The maximum Gasteiger partial charge on any atom is 0.133 e. The quantitative estimate of drug-likeness (QED) is 0.0900. The number of halogens is 7. The van der Waals surface area contributed by atoms with Crippen LogP contribution in [-0.2, 0) is 45.8 Å². The molecule has 0 atom stereocenters. The van der Waals surface area contributed by atoms with Gasteiger partial charge < -0.3 is 10.2 Å². The number of hydrogen-bond donors (Lipinski definition) is 2. The first kappa shape index (κ1) is 99.2. The Kier molecular flexibility index (Phi) is 31.6. The van der Waals surface area contributed by atoms with Crippen molar-refractivity contribution in [3.8, 4) is 82.9 Å². The first-order chi connectivity index (χ1) is 72.1. The molecule has 7 aliphatic rings. The molecule has 147 heavy (non-hydrogen) atoms. The van der Waals surface area contributed by atoms with Crippen molar-refractivity contribution in [2.24, 2.45) is 41.4 Å². The van der Waals surface area contributed by atoms with E-state index in [0.717, 1.165) is 198 Å². The third-order valence-electron chi connectivity index (χ3n) is 24.9. The molecule has 26 rings (SSSR count). The number of aromatic nitrogens is 28. The Labute approximate surface area is 879 Å². The molecule has 12 aromatic heterocycles. The monoisotopic (exact) mass is 2080 g/mol. The van der Waals surface area contributed by atoms with E-state index in [1.807, 2.05) is 160 Å². The molecule has 12 heterocycles. The van der Waals surface area contributed by atoms with Crippen molar-refractivity contribution in [2.45, 2.75) is 142 Å². The molecule has 7 fully saturated rings. The number of aliphatic hydroxyl groups is 2. The van der Waals surface area contributed by atoms with Crippen LogP contribution < -0.4 is 0 Å². The fraction of sp³-hybridized carbons (Fsp3) is 0.282. The van der Waals surface area contributed by atoms with E-state index >= 15 is 0 Å². The average molecular weight is 2080 g/mol. The van der Waals surface area contributed by atoms with E-state index in [9.17, 15) is 0 Å². The smallest absolute Gasteiger partial charge is 0.133 e. The van der Waals surface area contributed by atoms with E-state index in [2.05, 4.69) is 190 Å². The maximum absolute atomic E-state index is 8.72. The van der Waals surface area contributed by atoms with Crippen molar-refractivity contribution in [3.63, 3.8) is 0 Å². The van der Waals surface area contributed by atoms with Gasteiger partial charge in [0.25, 0.3) is 0 Å². The fourth-order valence-corrected chi connectivity index (χ4v) is 17.2. The van der Waals surface area contributed by atoms with Crippen LogP contribution in [0.4, 0.5) is 0 Å². The Morgan fingerprint density at radius 3 is 0.844 bits per heavy atom. The summed E-state index contributed by atoms with van der Waals surface area (Å²) in [6, 6.07) is 42.1. The zero-order chi connectivity index (χ0) is 100. The molecule has 37 heteroatoms. The summed E-state index contributed by atoms with van der Waals surface area (Å²) in [5, 5.41) is 87.5. The van der Waals surface area contributed by atoms with Crippen LogP contribution in [0.1, 0.15) is 163 Å². The molecule has 0 unspecified atom stereocenters. The molecule has 2 N–H and O–H groups in total. The number of rotatable bonds is 15. The van der Waals surface area contributed by atoms with Gasteiger partial charge in [0.05, 0.1) is 99.0 Å². The molecule has 0 spiro atoms. The van der Waals surface area contributed by atoms with Gasteiger partial charge in [-0.15, -0.1) is 35.7 Å². The first-order valence-electron chi connectivity index (χ1n) is 48.3. The molecule has 19 aromatic rings. The van der Waals surface area contributed by atoms with Crippen LogP contribution in [0, 0.1) is 124 Å². The normalized spacial score (nSPS) is 14.0. The fourth-order valence-electron chi connectivity index (χ4n) is 15.5. The minimum atomic E-state index is -0.178. The van der Waals surface area contributed by atoms with Crippen molar-refractivity contribution in [1.29, 1.82) is 0 Å². The first-order valence-corrected chi connectivity index (χ1v) is 50.9. The van der Waals surface area contributed by atoms with E-state index < -0.39 is 0 Å². The van der Waals surface area contributed by atoms with Gasteiger partial charge in [0.15, 0.2) is 0 Å². The van der Waals surface area contributed by atoms with Crippen molar-refractivity contribution >= 4 is 158 Å². The van der Waals surface area contributed by atoms with E-state index in [1.165, 1.54) is 89.9 Å². The minimum absolute atomic E-state index is 0.0600. The number of fused-ring (bicyclic) bond motifs is 7. The molecule has 7 aromatic carbocycles. The standard InChI is InChI=1S/3C17H13ClN4.2C16H12ClN5.C14H14ClN3O.C13H12ClN3O/c18-16-14(4-3-12-7-9-19-10-8-12)5-6-15-17(16)20-21-22(15)11-13-1-2-13;18-16-14(6-5-12-2-1-9-19-10-12)7-8-15-17(16)20-21-22(15)11-13-3-4-13;18-16-13(6-8-14-3-1-2-10-19-14)7-9-15-17(16)20-21-22(15)11-12-4-5-12;17-15-12(3-5-13-9-18-7-8-19-13)4-6-14-16(15)20-21-22(14)10-11-1-2-11;17-15-13(4-3-11-7-8-18-19-9-11)5-6-14-16(15)20-21-22(14)10-12-1-2-12;15-13-11(3-1-2-8-19)6-7-12-14(13)16-17-18(12)9-10-4-5-10;14-12-10(2-1-7-18)5-6-11-13(12)15-16-17(11)8-9-3-4-9/h5-10,13H,1-2,11H2;1-2,7-10,13H,3-4,11H2;1-3,7,9-10,12H,4-5,11H2;4,6-9,11H,1-2,10H2;5-9,12H,1-2,10H2;6-7,10,19H,2,4-5,8-9H2;5-6,9,18H,3-4,7-8H2. The number of hydrogen-bond acceptors (Lipinski definition) is 23. The molecule has 30 nitrogen and oxygen atoms in total. The van der Waals surface area contributed by atoms with Gasteiger partial charge in [0.2, 0.25) is 0 Å². The second-order valence-electron chi connectivity index (χ2n) is 36.5. The van der Waals surface area contributed by atoms with Crippen LogP contribution in [0.3, 0.4) is 0 Å². The van der Waals surface area contributed by atoms with Gasteiger partial charge in [-0.05, 0) is 271 Å². The highest BCUT2D eigenvalue weighted by atomic mass is 35.5. The molecule has 0 amide bonds. The Bertz CT molecular complexity index is 7640. The van der Waals surface area contributed by atoms with Gasteiger partial charge in [-0.1, -0.05) is 195 Å². The van der Waals surface area contributed by atoms with Crippen LogP contribution in [0.5, 0.6) is 0 Å². The highest BCUT2D eigenvalue weighted by Gasteiger charge is 2.31. The Hall–Kier alpha value is -15.2. The van der Waals surface area contributed by atoms with E-state index in [4.69, 9.17) is 91.4 Å². The topological polar surface area (TPSA) is 346 Å². The number of pyridine rings is 3. The SMILES string of the molecule is Clc1c(C#Cc2ccccn2)ccc2c1nnn2CC1CC1.Clc1c(C#Cc2cccnc2)ccc2c1nnn2CC1CC1.Clc1c(C#Cc2ccncc2)ccc2c1nnn2CC1CC1.Clc1c(C#Cc2ccnnc2)ccc2c1nnn2CC1CC1.Clc1c(C#Cc2cnccn2)ccc2c1nnn2CC1CC1.OCC#Cc1ccc2c(nnn2CC2CC2)c1Cl.OCCC#Cc1ccc2c(nnn2CC2CC2)c1Cl. The summed E-state index contributed by atoms with van der Waals surface area (Å²) in [6.45, 7) is 6.32. The molecular formula is C110H89Cl7N28O2. The molecule has 7 saturated carbocycles. The maximum atomic E-state index is 8.72. The summed E-state index contributed by atoms with van der Waals surface area (Å²) in [4.78, 5) is 20.3. The van der Waals surface area contributed by atoms with Gasteiger partial charge >= 0.3 is 0 Å². The van der Waals surface area contributed by atoms with Gasteiger partial charge in [0.1, 0.15) is 56.6 Å². The molecule has 0 saturated heterocycles. The summed E-state index contributed by atoms with van der Waals surface area (Å²) in [6.07, 6.45) is 35.0. The van der Waals surface area contributed by atoms with E-state index in [0.29, 0.717) is 74.9 Å². The minimum Gasteiger partial charge on any atom is -0.395 e. The molecule has 730 valence electrons. The summed E-state index contributed by atoms with van der Waals surface area (Å²) in [5.41, 5.74) is 20.8. The highest BCUT2D eigenvalue weighted by Crippen LogP contribution is 2.40. The number of aliphatic hydroxyl groups excluding tert-OH is 2. The van der Waals surface area contributed by atoms with Crippen molar-refractivity contribution in [1.82, 2.24) is 140 Å². The van der Waals surface area contributed by atoms with Crippen LogP contribution in [-0.4, -0.2) is 164 Å². The van der Waals surface area contributed by atoms with Crippen LogP contribution in [0.2, 0.25) is 35.2 Å². The van der Waals surface area contributed by atoms with Crippen LogP contribution >= 0.6 is 81.2 Å². The van der Waals surface area contributed by atoms with Gasteiger partial charge in [-0.3, -0.25) is 15.0 Å². The van der Waals surface area contributed by atoms with Crippen LogP contribution in [0.25, 0.3) is 77.2 Å². The lowest BCUT2D eigenvalue weighted by atomic mass is 10.1. The summed E-state index contributed by atoms with van der Waals surface area (Å²) < 4.78 is 13.5. The summed E-state index contributed by atoms with van der Waals surface area (Å²) >= 11 is 44.7. The lowest BCUT2D eigenvalue weighted by molar-refractivity contribution is 0.305. The lowest BCUT2D eigenvalue weighted by Gasteiger charge is -2.01.